The molecule has 156 valence electrons. The molecule has 7 nitrogen and oxygen atoms in total. The molecule has 0 amide bonds. The van der Waals surface area contributed by atoms with Gasteiger partial charge in [0.15, 0.2) is 11.1 Å². The topological polar surface area (TPSA) is 65.0 Å². The van der Waals surface area contributed by atoms with Crippen LogP contribution < -0.4 is 15.5 Å². The van der Waals surface area contributed by atoms with Crippen molar-refractivity contribution in [2.75, 3.05) is 72.0 Å². The number of thiazole rings is 1. The molecule has 0 saturated carbocycles. The second-order valence-corrected chi connectivity index (χ2v) is 7.48. The van der Waals surface area contributed by atoms with E-state index in [-0.39, 0.29) is 24.0 Å². The minimum atomic E-state index is 0. The van der Waals surface area contributed by atoms with Gasteiger partial charge in [-0.25, -0.2) is 4.98 Å². The number of anilines is 1. The predicted octanol–water partition coefficient (Wildman–Crippen LogP) is 2.04. The van der Waals surface area contributed by atoms with E-state index >= 15 is 0 Å². The number of nitrogens with one attached hydrogen (secondary N) is 2. The molecule has 0 atom stereocenters. The van der Waals surface area contributed by atoms with Crippen molar-refractivity contribution in [3.8, 4) is 0 Å². The smallest absolute Gasteiger partial charge is 0.191 e. The molecule has 1 aliphatic rings. The lowest BCUT2D eigenvalue weighted by Crippen LogP contribution is -2.41. The van der Waals surface area contributed by atoms with E-state index in [4.69, 9.17) is 9.72 Å². The molecule has 0 radical (unpaired) electrons. The minimum Gasteiger partial charge on any atom is -0.385 e. The summed E-state index contributed by atoms with van der Waals surface area (Å²) in [6, 6.07) is 0. The van der Waals surface area contributed by atoms with E-state index < -0.39 is 0 Å². The molecule has 2 N–H and O–H groups in total. The van der Waals surface area contributed by atoms with Gasteiger partial charge >= 0.3 is 0 Å². The zero-order valence-corrected chi connectivity index (χ0v) is 20.0. The maximum Gasteiger partial charge on any atom is 0.191 e. The first-order valence-electron chi connectivity index (χ1n) is 9.54. The van der Waals surface area contributed by atoms with E-state index in [1.165, 1.54) is 18.0 Å². The highest BCUT2D eigenvalue weighted by atomic mass is 127. The van der Waals surface area contributed by atoms with Gasteiger partial charge in [-0.2, -0.15) is 0 Å². The summed E-state index contributed by atoms with van der Waals surface area (Å²) in [5.74, 6) is 0.852. The van der Waals surface area contributed by atoms with Gasteiger partial charge in [0.1, 0.15) is 0 Å². The number of aromatic nitrogens is 1. The summed E-state index contributed by atoms with van der Waals surface area (Å²) in [6.45, 7) is 6.87. The number of halogens is 1. The molecule has 1 fully saturated rings. The van der Waals surface area contributed by atoms with E-state index in [1.807, 2.05) is 7.05 Å². The molecule has 0 spiro atoms. The summed E-state index contributed by atoms with van der Waals surface area (Å²) in [7, 11) is 5.69. The van der Waals surface area contributed by atoms with Crippen LogP contribution in [0.15, 0.2) is 10.4 Å². The van der Waals surface area contributed by atoms with Crippen molar-refractivity contribution in [1.82, 2.24) is 20.5 Å². The van der Waals surface area contributed by atoms with Crippen LogP contribution in [-0.2, 0) is 11.2 Å². The van der Waals surface area contributed by atoms with E-state index in [1.54, 1.807) is 18.4 Å². The Morgan fingerprint density at radius 2 is 2.04 bits per heavy atom. The van der Waals surface area contributed by atoms with E-state index in [0.717, 1.165) is 70.4 Å². The standard InChI is InChI=1S/C18H34N6OS.HI/c1-19-17(21-9-13-23(2)10-6-14-25-3)20-8-7-16-15-26-18(22-16)24-11-4-5-12-24;/h15H,4-14H2,1-3H3,(H2,19,20,21);1H. The number of likely N-dealkylation sites (N-methyl/N-ethyl adjacent to an activating group) is 1. The Morgan fingerprint density at radius 1 is 1.30 bits per heavy atom. The predicted molar refractivity (Wildman–Crippen MR) is 126 cm³/mol. The Kier molecular flexibility index (Phi) is 13.0. The molecule has 9 heteroatoms. The van der Waals surface area contributed by atoms with Gasteiger partial charge in [0.25, 0.3) is 0 Å². The summed E-state index contributed by atoms with van der Waals surface area (Å²) in [5.41, 5.74) is 1.16. The molecule has 0 aliphatic carbocycles. The number of ether oxygens (including phenoxy) is 1. The summed E-state index contributed by atoms with van der Waals surface area (Å²) >= 11 is 1.76. The first-order chi connectivity index (χ1) is 12.7. The number of methoxy groups -OCH3 is 1. The number of hydrogen-bond donors (Lipinski definition) is 2. The third-order valence-electron chi connectivity index (χ3n) is 4.49. The highest BCUT2D eigenvalue weighted by Crippen LogP contribution is 2.24. The van der Waals surface area contributed by atoms with Gasteiger partial charge in [-0.05, 0) is 26.3 Å². The minimum absolute atomic E-state index is 0. The fourth-order valence-corrected chi connectivity index (χ4v) is 3.86. The molecule has 2 heterocycles. The van der Waals surface area contributed by atoms with Crippen LogP contribution in [0.4, 0.5) is 5.13 Å². The second-order valence-electron chi connectivity index (χ2n) is 6.64. The maximum absolute atomic E-state index is 5.08. The van der Waals surface area contributed by atoms with Crippen molar-refractivity contribution >= 4 is 46.4 Å². The Bertz CT molecular complexity index is 536. The third kappa shape index (κ3) is 9.40. The van der Waals surface area contributed by atoms with Crippen LogP contribution in [0.2, 0.25) is 0 Å². The fraction of sp³-hybridized carbons (Fsp3) is 0.778. The monoisotopic (exact) mass is 510 g/mol. The summed E-state index contributed by atoms with van der Waals surface area (Å²) in [5, 5.41) is 10.1. The number of guanidine groups is 1. The van der Waals surface area contributed by atoms with Gasteiger partial charge in [0, 0.05) is 71.8 Å². The molecule has 1 aliphatic heterocycles. The van der Waals surface area contributed by atoms with Crippen molar-refractivity contribution in [2.24, 2.45) is 4.99 Å². The van der Waals surface area contributed by atoms with Crippen LogP contribution >= 0.6 is 35.3 Å². The molecular weight excluding hydrogens is 475 g/mol. The van der Waals surface area contributed by atoms with E-state index in [9.17, 15) is 0 Å². The van der Waals surface area contributed by atoms with Crippen molar-refractivity contribution in [1.29, 1.82) is 0 Å². The first-order valence-corrected chi connectivity index (χ1v) is 10.4. The van der Waals surface area contributed by atoms with Crippen LogP contribution in [0.1, 0.15) is 25.0 Å². The van der Waals surface area contributed by atoms with Crippen molar-refractivity contribution in [3.05, 3.63) is 11.1 Å². The fourth-order valence-electron chi connectivity index (χ4n) is 2.95. The zero-order valence-electron chi connectivity index (χ0n) is 16.9. The molecule has 1 aromatic rings. The van der Waals surface area contributed by atoms with Crippen LogP contribution in [0, 0.1) is 0 Å². The third-order valence-corrected chi connectivity index (χ3v) is 5.44. The van der Waals surface area contributed by atoms with Gasteiger partial charge in [-0.1, -0.05) is 0 Å². The normalized spacial score (nSPS) is 14.5. The highest BCUT2D eigenvalue weighted by molar-refractivity contribution is 14.0. The van der Waals surface area contributed by atoms with Crippen LogP contribution in [-0.4, -0.2) is 82.9 Å². The summed E-state index contributed by atoms with van der Waals surface area (Å²) < 4.78 is 5.08. The van der Waals surface area contributed by atoms with Crippen molar-refractivity contribution in [2.45, 2.75) is 25.7 Å². The SMILES string of the molecule is CN=C(NCCc1csc(N2CCCC2)n1)NCCN(C)CCCOC.I. The number of rotatable bonds is 11. The lowest BCUT2D eigenvalue weighted by atomic mass is 10.3. The average Bonchev–Trinajstić information content (AvgIpc) is 3.32. The molecule has 0 bridgehead atoms. The highest BCUT2D eigenvalue weighted by Gasteiger charge is 2.15. The second kappa shape index (κ2) is 14.4. The molecule has 27 heavy (non-hydrogen) atoms. The molecule has 0 unspecified atom stereocenters. The lowest BCUT2D eigenvalue weighted by molar-refractivity contribution is 0.180. The average molecular weight is 510 g/mol. The van der Waals surface area contributed by atoms with Crippen LogP contribution in [0.5, 0.6) is 0 Å². The van der Waals surface area contributed by atoms with Crippen LogP contribution in [0.3, 0.4) is 0 Å². The largest absolute Gasteiger partial charge is 0.385 e. The number of hydrogen-bond acceptors (Lipinski definition) is 6. The van der Waals surface area contributed by atoms with Gasteiger partial charge in [0.2, 0.25) is 0 Å². The maximum atomic E-state index is 5.08. The number of nitrogens with zero attached hydrogens (tertiary/aromatic N) is 4. The Morgan fingerprint density at radius 3 is 2.74 bits per heavy atom. The molecule has 0 aromatic carbocycles. The zero-order chi connectivity index (χ0) is 18.6. The molecule has 1 aromatic heterocycles. The van der Waals surface area contributed by atoms with E-state index in [2.05, 4.69) is 37.9 Å². The van der Waals surface area contributed by atoms with Crippen molar-refractivity contribution in [3.63, 3.8) is 0 Å². The van der Waals surface area contributed by atoms with Gasteiger partial charge < -0.3 is 25.2 Å². The first kappa shape index (κ1) is 24.4. The molecule has 1 saturated heterocycles. The summed E-state index contributed by atoms with van der Waals surface area (Å²) in [4.78, 5) is 13.7. The van der Waals surface area contributed by atoms with Crippen molar-refractivity contribution < 1.29 is 4.74 Å². The molecular formula is C18H35IN6OS. The van der Waals surface area contributed by atoms with Gasteiger partial charge in [0.05, 0.1) is 5.69 Å². The van der Waals surface area contributed by atoms with Gasteiger partial charge in [-0.15, -0.1) is 35.3 Å². The van der Waals surface area contributed by atoms with Crippen LogP contribution in [0.25, 0.3) is 0 Å². The number of aliphatic imine (C=N–C) groups is 1. The Hall–Kier alpha value is -0.650. The molecule has 2 rings (SSSR count). The summed E-state index contributed by atoms with van der Waals surface area (Å²) in [6.07, 6.45) is 4.56. The lowest BCUT2D eigenvalue weighted by Gasteiger charge is -2.18. The van der Waals surface area contributed by atoms with E-state index in [0.29, 0.717) is 0 Å². The Labute approximate surface area is 185 Å². The Balaban J connectivity index is 0.00000364. The van der Waals surface area contributed by atoms with Gasteiger partial charge in [-0.3, -0.25) is 4.99 Å². The quantitative estimate of drug-likeness (QED) is 0.206.